The van der Waals surface area contributed by atoms with Crippen molar-refractivity contribution >= 4 is 70.1 Å². The van der Waals surface area contributed by atoms with E-state index in [-0.39, 0.29) is 0 Å². The number of hydrogen-bond acceptors (Lipinski definition) is 2. The fourth-order valence-electron chi connectivity index (χ4n) is 8.71. The van der Waals surface area contributed by atoms with Gasteiger partial charge in [0.1, 0.15) is 0 Å². The van der Waals surface area contributed by atoms with Gasteiger partial charge < -0.3 is 4.90 Å². The Labute approximate surface area is 342 Å². The maximum atomic E-state index is 2.44. The SMILES string of the molecule is c1ccc(-c2cccc3cccc(-c4ccccc4N(c4ccc(-c5ccc6ccccc6c5)cc4)c4cccc(-c5cccc6c5sc5ccccc56)c4)c23)cc1. The minimum absolute atomic E-state index is 1.10. The highest BCUT2D eigenvalue weighted by atomic mass is 32.1. The lowest BCUT2D eigenvalue weighted by molar-refractivity contribution is 1.28. The normalized spacial score (nSPS) is 11.4. The lowest BCUT2D eigenvalue weighted by Gasteiger charge is -2.29. The van der Waals surface area contributed by atoms with E-state index in [0.717, 1.165) is 17.1 Å². The first-order chi connectivity index (χ1) is 28.8. The summed E-state index contributed by atoms with van der Waals surface area (Å²) in [6.07, 6.45) is 0. The molecule has 1 aromatic heterocycles. The second-order valence-electron chi connectivity index (χ2n) is 14.9. The van der Waals surface area contributed by atoms with E-state index in [1.54, 1.807) is 0 Å². The molecule has 1 nitrogen and oxygen atoms in total. The van der Waals surface area contributed by atoms with Crippen LogP contribution in [0.15, 0.2) is 224 Å². The zero-order valence-corrected chi connectivity index (χ0v) is 32.5. The number of fused-ring (bicyclic) bond motifs is 5. The van der Waals surface area contributed by atoms with Crippen LogP contribution < -0.4 is 4.90 Å². The summed E-state index contributed by atoms with van der Waals surface area (Å²) in [5.41, 5.74) is 13.0. The summed E-state index contributed by atoms with van der Waals surface area (Å²) in [5.74, 6) is 0. The highest BCUT2D eigenvalue weighted by Gasteiger charge is 2.21. The van der Waals surface area contributed by atoms with E-state index in [4.69, 9.17) is 0 Å². The van der Waals surface area contributed by atoms with E-state index in [1.165, 1.54) is 86.2 Å². The van der Waals surface area contributed by atoms with E-state index in [9.17, 15) is 0 Å². The number of anilines is 3. The van der Waals surface area contributed by atoms with Crippen LogP contribution in [0.5, 0.6) is 0 Å². The van der Waals surface area contributed by atoms with Crippen molar-refractivity contribution in [2.45, 2.75) is 0 Å². The molecule has 272 valence electrons. The molecular weight excluding hydrogens is 719 g/mol. The predicted octanol–water partition coefficient (Wildman–Crippen LogP) is 16.5. The largest absolute Gasteiger partial charge is 0.310 e. The summed E-state index contributed by atoms with van der Waals surface area (Å²) >= 11 is 1.88. The first kappa shape index (κ1) is 34.0. The van der Waals surface area contributed by atoms with Gasteiger partial charge >= 0.3 is 0 Å². The molecule has 0 saturated heterocycles. The highest BCUT2D eigenvalue weighted by Crippen LogP contribution is 2.46. The number of thiophene rings is 1. The van der Waals surface area contributed by atoms with E-state index in [0.29, 0.717) is 0 Å². The van der Waals surface area contributed by atoms with Gasteiger partial charge in [0.05, 0.1) is 5.69 Å². The first-order valence-electron chi connectivity index (χ1n) is 19.8. The second kappa shape index (κ2) is 14.4. The molecule has 0 amide bonds. The molecule has 10 aromatic carbocycles. The van der Waals surface area contributed by atoms with E-state index in [1.807, 2.05) is 11.3 Å². The van der Waals surface area contributed by atoms with Crippen LogP contribution in [0.2, 0.25) is 0 Å². The van der Waals surface area contributed by atoms with Crippen LogP contribution in [0.1, 0.15) is 0 Å². The Morgan fingerprint density at radius 3 is 1.81 bits per heavy atom. The lowest BCUT2D eigenvalue weighted by atomic mass is 9.90. The number of hydrogen-bond donors (Lipinski definition) is 0. The van der Waals surface area contributed by atoms with Gasteiger partial charge in [-0.15, -0.1) is 11.3 Å². The zero-order valence-electron chi connectivity index (χ0n) is 31.7. The summed E-state index contributed by atoms with van der Waals surface area (Å²) in [6, 6.07) is 82.0. The highest BCUT2D eigenvalue weighted by molar-refractivity contribution is 7.26. The topological polar surface area (TPSA) is 3.24 Å². The Kier molecular flexibility index (Phi) is 8.42. The predicted molar refractivity (Wildman–Crippen MR) is 251 cm³/mol. The maximum Gasteiger partial charge on any atom is 0.0540 e. The molecule has 0 aliphatic rings. The van der Waals surface area contributed by atoms with Crippen LogP contribution in [-0.4, -0.2) is 0 Å². The average Bonchev–Trinajstić information content (AvgIpc) is 3.68. The van der Waals surface area contributed by atoms with Crippen LogP contribution in [0.25, 0.3) is 86.2 Å². The molecule has 0 N–H and O–H groups in total. The summed E-state index contributed by atoms with van der Waals surface area (Å²) in [7, 11) is 0. The second-order valence-corrected chi connectivity index (χ2v) is 15.9. The molecule has 11 aromatic rings. The van der Waals surface area contributed by atoms with Gasteiger partial charge in [-0.2, -0.15) is 0 Å². The van der Waals surface area contributed by atoms with Crippen LogP contribution >= 0.6 is 11.3 Å². The van der Waals surface area contributed by atoms with Crippen LogP contribution in [0.3, 0.4) is 0 Å². The Morgan fingerprint density at radius 2 is 0.931 bits per heavy atom. The molecule has 0 spiro atoms. The van der Waals surface area contributed by atoms with Gasteiger partial charge in [-0.1, -0.05) is 182 Å². The minimum atomic E-state index is 1.10. The Bertz CT molecular complexity index is 3280. The van der Waals surface area contributed by atoms with E-state index in [2.05, 4.69) is 229 Å². The van der Waals surface area contributed by atoms with Gasteiger partial charge in [-0.05, 0) is 103 Å². The van der Waals surface area contributed by atoms with Gasteiger partial charge in [0.2, 0.25) is 0 Å². The number of benzene rings is 10. The molecule has 2 heteroatoms. The van der Waals surface area contributed by atoms with Crippen molar-refractivity contribution in [2.75, 3.05) is 4.90 Å². The molecule has 0 bridgehead atoms. The molecule has 0 unspecified atom stereocenters. The zero-order chi connectivity index (χ0) is 38.4. The quantitative estimate of drug-likeness (QED) is 0.157. The van der Waals surface area contributed by atoms with E-state index < -0.39 is 0 Å². The standard InChI is InChI=1S/C56H37NS/c1-2-15-40(16-3-1)47-24-11-18-41-19-12-26-51(55(41)47)49-22-6-8-28-53(49)57(45-34-32-39(33-35-45)43-31-30-38-14-4-5-17-42(38)36-43)46-21-10-20-44(37-46)48-25-13-27-52-50-23-7-9-29-54(50)58-56(48)52/h1-37H. The van der Waals surface area contributed by atoms with Gasteiger partial charge in [0.15, 0.2) is 0 Å². The molecule has 11 rings (SSSR count). The van der Waals surface area contributed by atoms with Crippen molar-refractivity contribution < 1.29 is 0 Å². The summed E-state index contributed by atoms with van der Waals surface area (Å²) in [4.78, 5) is 2.44. The Balaban J connectivity index is 1.11. The molecule has 0 aliphatic carbocycles. The molecule has 0 aliphatic heterocycles. The Morgan fingerprint density at radius 1 is 0.310 bits per heavy atom. The third-order valence-corrected chi connectivity index (χ3v) is 12.7. The van der Waals surface area contributed by atoms with Crippen molar-refractivity contribution in [3.63, 3.8) is 0 Å². The van der Waals surface area contributed by atoms with Crippen LogP contribution in [0.4, 0.5) is 17.1 Å². The fraction of sp³-hybridized carbons (Fsp3) is 0. The van der Waals surface area contributed by atoms with Crippen LogP contribution in [0, 0.1) is 0 Å². The lowest BCUT2D eigenvalue weighted by Crippen LogP contribution is -2.11. The summed E-state index contributed by atoms with van der Waals surface area (Å²) in [6.45, 7) is 0. The monoisotopic (exact) mass is 755 g/mol. The van der Waals surface area contributed by atoms with Crippen molar-refractivity contribution in [3.05, 3.63) is 224 Å². The molecule has 0 atom stereocenters. The van der Waals surface area contributed by atoms with Crippen molar-refractivity contribution in [1.82, 2.24) is 0 Å². The fourth-order valence-corrected chi connectivity index (χ4v) is 9.94. The van der Waals surface area contributed by atoms with Gasteiger partial charge in [0, 0.05) is 37.1 Å². The van der Waals surface area contributed by atoms with Gasteiger partial charge in [-0.3, -0.25) is 0 Å². The van der Waals surface area contributed by atoms with Crippen molar-refractivity contribution in [3.8, 4) is 44.5 Å². The van der Waals surface area contributed by atoms with E-state index >= 15 is 0 Å². The van der Waals surface area contributed by atoms with Crippen LogP contribution in [-0.2, 0) is 0 Å². The van der Waals surface area contributed by atoms with Gasteiger partial charge in [-0.25, -0.2) is 0 Å². The number of para-hydroxylation sites is 1. The van der Waals surface area contributed by atoms with Crippen molar-refractivity contribution in [1.29, 1.82) is 0 Å². The Hall–Kier alpha value is -7.26. The molecule has 0 fully saturated rings. The third kappa shape index (κ3) is 5.94. The average molecular weight is 756 g/mol. The van der Waals surface area contributed by atoms with Crippen molar-refractivity contribution in [2.24, 2.45) is 0 Å². The smallest absolute Gasteiger partial charge is 0.0540 e. The molecule has 58 heavy (non-hydrogen) atoms. The summed E-state index contributed by atoms with van der Waals surface area (Å²) in [5, 5.41) is 7.59. The molecule has 0 radical (unpaired) electrons. The van der Waals surface area contributed by atoms with Gasteiger partial charge in [0.25, 0.3) is 0 Å². The first-order valence-corrected chi connectivity index (χ1v) is 20.7. The minimum Gasteiger partial charge on any atom is -0.310 e. The number of nitrogens with zero attached hydrogens (tertiary/aromatic N) is 1. The summed E-state index contributed by atoms with van der Waals surface area (Å²) < 4.78 is 2.63. The maximum absolute atomic E-state index is 2.44. The molecular formula is C56H37NS. The third-order valence-electron chi connectivity index (χ3n) is 11.5. The molecule has 1 heterocycles. The molecule has 0 saturated carbocycles. The number of rotatable bonds is 7.